The van der Waals surface area contributed by atoms with E-state index in [9.17, 15) is 19.2 Å². The highest BCUT2D eigenvalue weighted by Gasteiger charge is 2.51. The summed E-state index contributed by atoms with van der Waals surface area (Å²) in [6.07, 6.45) is 12.0. The van der Waals surface area contributed by atoms with Crippen molar-refractivity contribution in [2.24, 2.45) is 5.92 Å². The lowest BCUT2D eigenvalue weighted by Gasteiger charge is -2.39. The van der Waals surface area contributed by atoms with Crippen LogP contribution in [0.2, 0.25) is 0 Å². The maximum absolute atomic E-state index is 12.9. The molecule has 0 aromatic heterocycles. The smallest absolute Gasteiger partial charge is 0.303 e. The molecule has 3 aliphatic heterocycles. The van der Waals surface area contributed by atoms with Crippen LogP contribution < -0.4 is 16.0 Å². The van der Waals surface area contributed by atoms with Crippen LogP contribution in [-0.2, 0) is 38.1 Å². The fourth-order valence-electron chi connectivity index (χ4n) is 6.00. The van der Waals surface area contributed by atoms with Crippen molar-refractivity contribution in [3.8, 4) is 0 Å². The number of nitrogens with one attached hydrogen (secondary N) is 3. The third-order valence-electron chi connectivity index (χ3n) is 8.72. The molecule has 3 rings (SSSR count). The van der Waals surface area contributed by atoms with Crippen LogP contribution in [0.15, 0.2) is 36.0 Å². The van der Waals surface area contributed by atoms with Gasteiger partial charge in [-0.2, -0.15) is 0 Å². The van der Waals surface area contributed by atoms with E-state index >= 15 is 0 Å². The average molecular weight is 646 g/mol. The van der Waals surface area contributed by atoms with Crippen molar-refractivity contribution < 1.29 is 38.1 Å². The standard InChI is InChI=1S/C35H55N3O8/c1-9-16-36-33(42)34(7,8)38-32(41)18-28-20-35(21-43-35)19-27(46-28)13-10-22(2)11-14-30-23(3)17-29(25(5)45-30)37-31(40)15-12-24(4)44-26(6)39/h10-13,15,23-25,27-30H,9,14,16-21H2,1-8H3,(H,36,42)(H,37,40)(H,38,41)/b13-10+,15-12-,22-11+/t23-,24-,25+,27+,28+,29+,30-,35+/m0/s1. The fraction of sp³-hybridized carbons (Fsp3) is 0.714. The quantitative estimate of drug-likeness (QED) is 0.112. The summed E-state index contributed by atoms with van der Waals surface area (Å²) in [5, 5.41) is 8.71. The van der Waals surface area contributed by atoms with E-state index in [0.717, 1.165) is 31.3 Å². The molecule has 3 N–H and O–H groups in total. The highest BCUT2D eigenvalue weighted by Crippen LogP contribution is 2.43. The lowest BCUT2D eigenvalue weighted by molar-refractivity contribution is -0.143. The van der Waals surface area contributed by atoms with Gasteiger partial charge in [0.25, 0.3) is 0 Å². The number of carbonyl (C=O) groups is 4. The van der Waals surface area contributed by atoms with E-state index in [0.29, 0.717) is 19.6 Å². The van der Waals surface area contributed by atoms with Crippen molar-refractivity contribution in [3.63, 3.8) is 0 Å². The Hall–Kier alpha value is -3.02. The van der Waals surface area contributed by atoms with Gasteiger partial charge < -0.3 is 34.9 Å². The molecule has 0 aromatic carbocycles. The molecule has 0 saturated carbocycles. The van der Waals surface area contributed by atoms with Crippen LogP contribution in [0.4, 0.5) is 0 Å². The number of hydrogen-bond donors (Lipinski definition) is 3. The maximum Gasteiger partial charge on any atom is 0.303 e. The van der Waals surface area contributed by atoms with Crippen molar-refractivity contribution >= 4 is 23.7 Å². The van der Waals surface area contributed by atoms with Crippen molar-refractivity contribution in [1.29, 1.82) is 0 Å². The van der Waals surface area contributed by atoms with Crippen LogP contribution in [0, 0.1) is 5.92 Å². The molecule has 258 valence electrons. The zero-order valence-electron chi connectivity index (χ0n) is 28.9. The Morgan fingerprint density at radius 2 is 1.80 bits per heavy atom. The molecule has 1 spiro atoms. The minimum Gasteiger partial charge on any atom is -0.459 e. The molecule has 0 radical (unpaired) electrons. The molecule has 3 fully saturated rings. The van der Waals surface area contributed by atoms with Crippen LogP contribution in [0.3, 0.4) is 0 Å². The lowest BCUT2D eigenvalue weighted by atomic mass is 9.88. The molecule has 46 heavy (non-hydrogen) atoms. The molecule has 0 aromatic rings. The van der Waals surface area contributed by atoms with E-state index < -0.39 is 17.6 Å². The Kier molecular flexibility index (Phi) is 13.6. The van der Waals surface area contributed by atoms with Gasteiger partial charge in [0.05, 0.1) is 49.1 Å². The zero-order valence-corrected chi connectivity index (χ0v) is 28.9. The number of carbonyl (C=O) groups excluding carboxylic acids is 4. The van der Waals surface area contributed by atoms with Gasteiger partial charge in [0.2, 0.25) is 17.7 Å². The third-order valence-corrected chi connectivity index (χ3v) is 8.72. The topological polar surface area (TPSA) is 145 Å². The first-order chi connectivity index (χ1) is 21.6. The minimum absolute atomic E-state index is 0.0243. The lowest BCUT2D eigenvalue weighted by Crippen LogP contribution is -2.55. The summed E-state index contributed by atoms with van der Waals surface area (Å²) in [5.41, 5.74) is -0.167. The van der Waals surface area contributed by atoms with Crippen molar-refractivity contribution in [2.75, 3.05) is 13.2 Å². The van der Waals surface area contributed by atoms with Gasteiger partial charge in [0, 0.05) is 32.4 Å². The molecule has 0 aliphatic carbocycles. The van der Waals surface area contributed by atoms with E-state index in [1.54, 1.807) is 26.8 Å². The molecular formula is C35H55N3O8. The summed E-state index contributed by atoms with van der Waals surface area (Å²) in [6, 6.07) is -0.114. The predicted octanol–water partition coefficient (Wildman–Crippen LogP) is 3.81. The van der Waals surface area contributed by atoms with E-state index in [1.807, 2.05) is 32.9 Å². The van der Waals surface area contributed by atoms with Gasteiger partial charge in [-0.25, -0.2) is 0 Å². The second-order valence-electron chi connectivity index (χ2n) is 13.7. The van der Waals surface area contributed by atoms with Gasteiger partial charge in [-0.1, -0.05) is 37.6 Å². The normalized spacial score (nSPS) is 30.7. The maximum atomic E-state index is 12.9. The minimum atomic E-state index is -1.01. The second kappa shape index (κ2) is 16.7. The van der Waals surface area contributed by atoms with Crippen molar-refractivity contribution in [3.05, 3.63) is 36.0 Å². The van der Waals surface area contributed by atoms with Gasteiger partial charge in [0.1, 0.15) is 11.6 Å². The summed E-state index contributed by atoms with van der Waals surface area (Å²) in [4.78, 5) is 48.8. The largest absolute Gasteiger partial charge is 0.459 e. The van der Waals surface area contributed by atoms with Crippen molar-refractivity contribution in [2.45, 2.75) is 142 Å². The van der Waals surface area contributed by atoms with Gasteiger partial charge in [-0.15, -0.1) is 0 Å². The molecular weight excluding hydrogens is 590 g/mol. The van der Waals surface area contributed by atoms with Gasteiger partial charge in [0.15, 0.2) is 0 Å². The number of hydrogen-bond acceptors (Lipinski definition) is 8. The molecule has 3 aliphatic rings. The Balaban J connectivity index is 1.48. The highest BCUT2D eigenvalue weighted by atomic mass is 16.6. The fourth-order valence-corrected chi connectivity index (χ4v) is 6.00. The van der Waals surface area contributed by atoms with Crippen molar-refractivity contribution in [1.82, 2.24) is 16.0 Å². The molecule has 0 unspecified atom stereocenters. The van der Waals surface area contributed by atoms with Crippen LogP contribution >= 0.6 is 0 Å². The van der Waals surface area contributed by atoms with Crippen LogP contribution in [-0.4, -0.2) is 84.5 Å². The summed E-state index contributed by atoms with van der Waals surface area (Å²) < 4.78 is 23.4. The summed E-state index contributed by atoms with van der Waals surface area (Å²) in [6.45, 7) is 15.8. The molecule has 8 atom stereocenters. The first-order valence-electron chi connectivity index (χ1n) is 16.7. The number of esters is 1. The van der Waals surface area contributed by atoms with Gasteiger partial charge in [-0.3, -0.25) is 19.2 Å². The molecule has 3 amide bonds. The van der Waals surface area contributed by atoms with E-state index in [2.05, 4.69) is 29.0 Å². The monoisotopic (exact) mass is 645 g/mol. The van der Waals surface area contributed by atoms with E-state index in [-0.39, 0.29) is 66.1 Å². The van der Waals surface area contributed by atoms with E-state index in [4.69, 9.17) is 18.9 Å². The number of epoxide rings is 1. The van der Waals surface area contributed by atoms with Gasteiger partial charge in [-0.05, 0) is 65.9 Å². The molecule has 3 saturated heterocycles. The first kappa shape index (κ1) is 37.4. The molecule has 11 heteroatoms. The highest BCUT2D eigenvalue weighted by molar-refractivity contribution is 5.90. The Bertz CT molecular complexity index is 1170. The summed E-state index contributed by atoms with van der Waals surface area (Å²) in [5.74, 6) is -0.821. The Labute approximate surface area is 274 Å². The Morgan fingerprint density at radius 3 is 2.46 bits per heavy atom. The third kappa shape index (κ3) is 12.0. The molecule has 0 bridgehead atoms. The molecule has 11 nitrogen and oxygen atoms in total. The van der Waals surface area contributed by atoms with Gasteiger partial charge >= 0.3 is 5.97 Å². The van der Waals surface area contributed by atoms with Crippen LogP contribution in [0.25, 0.3) is 0 Å². The SMILES string of the molecule is CCCNC(=O)C(C)(C)NC(=O)C[C@@H]1C[C@@]2(CO2)C[C@@H](/C=C/C(C)=C/C[C@@H]2O[C@H](C)[C@H](NC(=O)/C=C\[C@H](C)OC(C)=O)C[C@@H]2C)O1. The number of rotatable bonds is 14. The summed E-state index contributed by atoms with van der Waals surface area (Å²) in [7, 11) is 0. The predicted molar refractivity (Wildman–Crippen MR) is 175 cm³/mol. The van der Waals surface area contributed by atoms with Crippen LogP contribution in [0.5, 0.6) is 0 Å². The van der Waals surface area contributed by atoms with E-state index in [1.165, 1.54) is 13.0 Å². The number of amides is 3. The number of allylic oxidation sites excluding steroid dienone is 2. The van der Waals surface area contributed by atoms with Crippen LogP contribution in [0.1, 0.15) is 93.9 Å². The number of ether oxygens (including phenoxy) is 4. The average Bonchev–Trinajstić information content (AvgIpc) is 3.70. The first-order valence-corrected chi connectivity index (χ1v) is 16.7. The Morgan fingerprint density at radius 1 is 1.09 bits per heavy atom. The molecule has 3 heterocycles. The second-order valence-corrected chi connectivity index (χ2v) is 13.7. The zero-order chi connectivity index (χ0) is 34.1. The summed E-state index contributed by atoms with van der Waals surface area (Å²) >= 11 is 0.